The van der Waals surface area contributed by atoms with Crippen LogP contribution in [0.5, 0.6) is 0 Å². The van der Waals surface area contributed by atoms with Gasteiger partial charge in [-0.25, -0.2) is 0 Å². The third-order valence-electron chi connectivity index (χ3n) is 3.40. The highest BCUT2D eigenvalue weighted by atomic mass is 16.1. The molecule has 0 spiro atoms. The van der Waals surface area contributed by atoms with E-state index in [2.05, 4.69) is 11.6 Å². The van der Waals surface area contributed by atoms with E-state index in [4.69, 9.17) is 0 Å². The number of piperidine rings is 1. The molecule has 3 atom stereocenters. The lowest BCUT2D eigenvalue weighted by Crippen LogP contribution is -2.48. The lowest BCUT2D eigenvalue weighted by Gasteiger charge is -2.39. The van der Waals surface area contributed by atoms with Gasteiger partial charge in [0.1, 0.15) is 0 Å². The molecule has 0 aromatic heterocycles. The molecule has 2 heteroatoms. The average molecular weight is 166 g/mol. The van der Waals surface area contributed by atoms with Gasteiger partial charge < -0.3 is 5.32 Å². The van der Waals surface area contributed by atoms with Crippen LogP contribution < -0.4 is 5.32 Å². The molecule has 12 heavy (non-hydrogen) atoms. The first-order valence-electron chi connectivity index (χ1n) is 5.03. The van der Waals surface area contributed by atoms with E-state index >= 15 is 0 Å². The van der Waals surface area contributed by atoms with Gasteiger partial charge in [-0.05, 0) is 31.2 Å². The van der Waals surface area contributed by atoms with Crippen molar-refractivity contribution in [1.29, 1.82) is 0 Å². The molecule has 2 nitrogen and oxygen atoms in total. The lowest BCUT2D eigenvalue weighted by atomic mass is 9.72. The fourth-order valence-electron chi connectivity index (χ4n) is 2.74. The summed E-state index contributed by atoms with van der Waals surface area (Å²) in [4.78, 5) is 10.6. The normalized spacial score (nSPS) is 41.8. The maximum absolute atomic E-state index is 10.6. The van der Waals surface area contributed by atoms with Gasteiger partial charge >= 0.3 is 0 Å². The van der Waals surface area contributed by atoms with Crippen LogP contribution in [0.4, 0.5) is 0 Å². The van der Waals surface area contributed by atoms with Gasteiger partial charge in [-0.2, -0.15) is 0 Å². The van der Waals surface area contributed by atoms with Crippen molar-refractivity contribution in [2.24, 2.45) is 11.8 Å². The smallest absolute Gasteiger partial charge is 0.217 e. The molecule has 2 rings (SSSR count). The van der Waals surface area contributed by atoms with E-state index in [1.54, 1.807) is 0 Å². The van der Waals surface area contributed by atoms with Crippen molar-refractivity contribution >= 4 is 6.29 Å². The highest BCUT2D eigenvalue weighted by Gasteiger charge is 2.34. The first kappa shape index (κ1) is 8.24. The van der Waals surface area contributed by atoms with Gasteiger partial charge in [0.15, 0.2) is 0 Å². The molecular formula is C10H16NO. The lowest BCUT2D eigenvalue weighted by molar-refractivity contribution is 0.161. The molecule has 0 aromatic rings. The molecule has 2 aliphatic rings. The summed E-state index contributed by atoms with van der Waals surface area (Å²) < 4.78 is 0. The van der Waals surface area contributed by atoms with Crippen molar-refractivity contribution in [3.63, 3.8) is 0 Å². The van der Waals surface area contributed by atoms with Gasteiger partial charge in [0.05, 0.1) is 6.04 Å². The zero-order valence-electron chi connectivity index (χ0n) is 7.38. The van der Waals surface area contributed by atoms with Gasteiger partial charge in [0, 0.05) is 0 Å². The zero-order valence-corrected chi connectivity index (χ0v) is 7.38. The summed E-state index contributed by atoms with van der Waals surface area (Å²) in [7, 11) is 0. The molecule has 1 aliphatic heterocycles. The second kappa shape index (κ2) is 3.56. The van der Waals surface area contributed by atoms with E-state index in [-0.39, 0.29) is 6.04 Å². The molecular weight excluding hydrogens is 150 g/mol. The molecule has 1 aliphatic carbocycles. The predicted octanol–water partition coefficient (Wildman–Crippen LogP) is 1.26. The number of hydrogen-bond donors (Lipinski definition) is 1. The van der Waals surface area contributed by atoms with Crippen LogP contribution in [0.1, 0.15) is 32.1 Å². The minimum absolute atomic E-state index is 0.0454. The Bertz CT molecular complexity index is 167. The molecule has 3 unspecified atom stereocenters. The van der Waals surface area contributed by atoms with E-state index in [0.717, 1.165) is 12.5 Å². The zero-order chi connectivity index (χ0) is 8.39. The quantitative estimate of drug-likeness (QED) is 0.635. The topological polar surface area (TPSA) is 29.1 Å². The minimum Gasteiger partial charge on any atom is -0.307 e. The average Bonchev–Trinajstić information content (AvgIpc) is 2.17. The largest absolute Gasteiger partial charge is 0.307 e. The maximum atomic E-state index is 10.6. The van der Waals surface area contributed by atoms with Gasteiger partial charge in [0.2, 0.25) is 6.29 Å². The summed E-state index contributed by atoms with van der Waals surface area (Å²) >= 11 is 0. The van der Waals surface area contributed by atoms with Crippen LogP contribution in [-0.4, -0.2) is 18.9 Å². The van der Waals surface area contributed by atoms with Crippen molar-refractivity contribution in [2.75, 3.05) is 6.54 Å². The van der Waals surface area contributed by atoms with Crippen molar-refractivity contribution in [3.8, 4) is 0 Å². The van der Waals surface area contributed by atoms with E-state index in [1.165, 1.54) is 32.1 Å². The summed E-state index contributed by atoms with van der Waals surface area (Å²) in [5.74, 6) is 1.41. The summed E-state index contributed by atoms with van der Waals surface area (Å²) in [6.45, 7) is 1.01. The van der Waals surface area contributed by atoms with Gasteiger partial charge in [-0.3, -0.25) is 4.79 Å². The summed E-state index contributed by atoms with van der Waals surface area (Å²) in [6, 6.07) is 0.0454. The van der Waals surface area contributed by atoms with Crippen LogP contribution >= 0.6 is 0 Å². The number of nitrogens with one attached hydrogen (secondary N) is 1. The van der Waals surface area contributed by atoms with Crippen molar-refractivity contribution in [1.82, 2.24) is 5.32 Å². The summed E-state index contributed by atoms with van der Waals surface area (Å²) in [5, 5.41) is 3.24. The minimum atomic E-state index is 0.0454. The van der Waals surface area contributed by atoms with Crippen LogP contribution in [0, 0.1) is 11.8 Å². The maximum Gasteiger partial charge on any atom is 0.217 e. The van der Waals surface area contributed by atoms with E-state index < -0.39 is 0 Å². The standard InChI is InChI=1S/C10H16NO/c12-7-10-9-4-2-1-3-8(9)5-6-11-10/h8-11H,1-6H2. The van der Waals surface area contributed by atoms with Gasteiger partial charge in [0.25, 0.3) is 0 Å². The Morgan fingerprint density at radius 3 is 2.83 bits per heavy atom. The molecule has 0 bridgehead atoms. The molecule has 2 fully saturated rings. The second-order valence-electron chi connectivity index (χ2n) is 4.05. The monoisotopic (exact) mass is 166 g/mol. The van der Waals surface area contributed by atoms with Gasteiger partial charge in [-0.1, -0.05) is 19.3 Å². The van der Waals surface area contributed by atoms with Gasteiger partial charge in [-0.15, -0.1) is 0 Å². The van der Waals surface area contributed by atoms with E-state index in [9.17, 15) is 4.79 Å². The Morgan fingerprint density at radius 2 is 2.00 bits per heavy atom. The van der Waals surface area contributed by atoms with Crippen LogP contribution in [0.2, 0.25) is 0 Å². The Labute approximate surface area is 73.7 Å². The number of hydrogen-bond acceptors (Lipinski definition) is 2. The SMILES string of the molecule is O=[C]C1NCCC2CCCCC21. The fourth-order valence-corrected chi connectivity index (χ4v) is 2.74. The Hall–Kier alpha value is -0.370. The Kier molecular flexibility index (Phi) is 2.45. The van der Waals surface area contributed by atoms with Crippen LogP contribution in [0.3, 0.4) is 0 Å². The molecule has 1 N–H and O–H groups in total. The highest BCUT2D eigenvalue weighted by molar-refractivity contribution is 5.59. The number of rotatable bonds is 1. The Balaban J connectivity index is 2.03. The molecule has 0 aromatic carbocycles. The predicted molar refractivity (Wildman–Crippen MR) is 47.5 cm³/mol. The summed E-state index contributed by atoms with van der Waals surface area (Å²) in [6.07, 6.45) is 8.65. The molecule has 1 saturated heterocycles. The van der Waals surface area contributed by atoms with E-state index in [1.807, 2.05) is 0 Å². The number of carbonyl (C=O) groups excluding carboxylic acids is 1. The van der Waals surface area contributed by atoms with Crippen LogP contribution in [-0.2, 0) is 4.79 Å². The van der Waals surface area contributed by atoms with Crippen LogP contribution in [0.25, 0.3) is 0 Å². The Morgan fingerprint density at radius 1 is 1.17 bits per heavy atom. The molecule has 1 saturated carbocycles. The summed E-state index contributed by atoms with van der Waals surface area (Å²) in [5.41, 5.74) is 0. The fraction of sp³-hybridized carbons (Fsp3) is 0.900. The van der Waals surface area contributed by atoms with Crippen molar-refractivity contribution < 1.29 is 4.79 Å². The first-order valence-corrected chi connectivity index (χ1v) is 5.03. The molecule has 1 radical (unpaired) electrons. The molecule has 0 amide bonds. The van der Waals surface area contributed by atoms with Crippen molar-refractivity contribution in [2.45, 2.75) is 38.1 Å². The third-order valence-corrected chi connectivity index (χ3v) is 3.40. The third kappa shape index (κ3) is 1.40. The second-order valence-corrected chi connectivity index (χ2v) is 4.05. The van der Waals surface area contributed by atoms with Crippen LogP contribution in [0.15, 0.2) is 0 Å². The number of fused-ring (bicyclic) bond motifs is 1. The molecule has 67 valence electrons. The van der Waals surface area contributed by atoms with E-state index in [0.29, 0.717) is 5.92 Å². The molecule has 1 heterocycles. The first-order chi connectivity index (χ1) is 5.92. The van der Waals surface area contributed by atoms with Crippen molar-refractivity contribution in [3.05, 3.63) is 0 Å². The highest BCUT2D eigenvalue weighted by Crippen LogP contribution is 2.35.